The molecule has 2 aromatic rings. The van der Waals surface area contributed by atoms with Gasteiger partial charge in [-0.05, 0) is 68.4 Å². The predicted octanol–water partition coefficient (Wildman–Crippen LogP) is 6.91. The minimum Gasteiger partial charge on any atom is -0.494 e. The lowest BCUT2D eigenvalue weighted by molar-refractivity contribution is -0.0499. The number of hydrogen-bond acceptors (Lipinski definition) is 3. The zero-order valence-electron chi connectivity index (χ0n) is 17.9. The summed E-state index contributed by atoms with van der Waals surface area (Å²) in [6.07, 6.45) is 9.16. The van der Waals surface area contributed by atoms with Crippen LogP contribution in [-0.4, -0.2) is 12.6 Å². The van der Waals surface area contributed by atoms with Gasteiger partial charge in [-0.25, -0.2) is 4.79 Å². The van der Waals surface area contributed by atoms with Crippen LogP contribution in [0, 0.1) is 5.92 Å². The maximum Gasteiger partial charge on any atom is 0.339 e. The van der Waals surface area contributed by atoms with E-state index in [1.807, 2.05) is 49.4 Å². The molecule has 0 heterocycles. The number of esters is 1. The van der Waals surface area contributed by atoms with Crippen LogP contribution in [0.4, 0.5) is 0 Å². The fraction of sp³-hybridized carbons (Fsp3) is 0.500. The number of hydrogen-bond donors (Lipinski definition) is 0. The average molecular weight is 395 g/mol. The van der Waals surface area contributed by atoms with Gasteiger partial charge in [0.05, 0.1) is 12.2 Å². The number of rotatable bonds is 9. The van der Waals surface area contributed by atoms with E-state index in [4.69, 9.17) is 9.47 Å². The third-order valence-corrected chi connectivity index (χ3v) is 6.12. The van der Waals surface area contributed by atoms with E-state index in [0.29, 0.717) is 12.2 Å². The Kier molecular flexibility index (Phi) is 7.74. The third kappa shape index (κ3) is 5.62. The van der Waals surface area contributed by atoms with E-state index in [2.05, 4.69) is 19.1 Å². The molecule has 1 aliphatic carbocycles. The number of carbonyl (C=O) groups is 1. The van der Waals surface area contributed by atoms with Crippen molar-refractivity contribution in [1.82, 2.24) is 0 Å². The first-order valence-electron chi connectivity index (χ1n) is 11.2. The number of unbranched alkanes of at least 4 members (excludes halogenated alkanes) is 2. The zero-order chi connectivity index (χ0) is 20.5. The number of benzene rings is 2. The number of ether oxygens (including phenoxy) is 2. The standard InChI is InChI=1S/C26H34O3/c1-3-5-7-10-21-17-19-26(20-18-21,23-13-15-24(16-14-23)28-4-2)29-25(27)22-11-8-6-9-12-22/h6,8-9,11-16,21H,3-5,7,10,17-20H2,1-2H3. The smallest absolute Gasteiger partial charge is 0.339 e. The van der Waals surface area contributed by atoms with E-state index in [0.717, 1.165) is 42.9 Å². The van der Waals surface area contributed by atoms with Crippen LogP contribution in [-0.2, 0) is 10.3 Å². The summed E-state index contributed by atoms with van der Waals surface area (Å²) < 4.78 is 11.8. The van der Waals surface area contributed by atoms with E-state index in [1.54, 1.807) is 0 Å². The fourth-order valence-corrected chi connectivity index (χ4v) is 4.40. The van der Waals surface area contributed by atoms with E-state index in [-0.39, 0.29) is 5.97 Å². The molecular formula is C26H34O3. The Morgan fingerprint density at radius 2 is 1.66 bits per heavy atom. The summed E-state index contributed by atoms with van der Waals surface area (Å²) >= 11 is 0. The average Bonchev–Trinajstić information content (AvgIpc) is 2.76. The van der Waals surface area contributed by atoms with E-state index >= 15 is 0 Å². The molecule has 156 valence electrons. The van der Waals surface area contributed by atoms with Crippen molar-refractivity contribution >= 4 is 5.97 Å². The van der Waals surface area contributed by atoms with E-state index < -0.39 is 5.60 Å². The molecule has 2 aromatic carbocycles. The molecule has 1 saturated carbocycles. The number of carbonyl (C=O) groups excluding carboxylic acids is 1. The van der Waals surface area contributed by atoms with Gasteiger partial charge in [0.1, 0.15) is 11.4 Å². The topological polar surface area (TPSA) is 35.5 Å². The van der Waals surface area contributed by atoms with Crippen LogP contribution >= 0.6 is 0 Å². The highest BCUT2D eigenvalue weighted by atomic mass is 16.6. The molecular weight excluding hydrogens is 360 g/mol. The normalized spacial score (nSPS) is 21.5. The molecule has 0 N–H and O–H groups in total. The van der Waals surface area contributed by atoms with Gasteiger partial charge in [-0.1, -0.05) is 62.9 Å². The lowest BCUT2D eigenvalue weighted by atomic mass is 9.73. The molecule has 1 fully saturated rings. The molecule has 0 bridgehead atoms. The monoisotopic (exact) mass is 394 g/mol. The molecule has 0 radical (unpaired) electrons. The van der Waals surface area contributed by atoms with Crippen molar-refractivity contribution in [1.29, 1.82) is 0 Å². The molecule has 0 saturated heterocycles. The van der Waals surface area contributed by atoms with Gasteiger partial charge in [0.2, 0.25) is 0 Å². The molecule has 0 spiro atoms. The molecule has 3 rings (SSSR count). The summed E-state index contributed by atoms with van der Waals surface area (Å²) in [5.41, 5.74) is 1.15. The van der Waals surface area contributed by atoms with E-state index in [9.17, 15) is 4.79 Å². The maximum absolute atomic E-state index is 12.9. The van der Waals surface area contributed by atoms with Gasteiger partial charge in [0.25, 0.3) is 0 Å². The second-order valence-corrected chi connectivity index (χ2v) is 8.15. The van der Waals surface area contributed by atoms with Crippen LogP contribution in [0.15, 0.2) is 54.6 Å². The fourth-order valence-electron chi connectivity index (χ4n) is 4.40. The van der Waals surface area contributed by atoms with Crippen molar-refractivity contribution < 1.29 is 14.3 Å². The Morgan fingerprint density at radius 3 is 2.28 bits per heavy atom. The zero-order valence-corrected chi connectivity index (χ0v) is 17.9. The van der Waals surface area contributed by atoms with Gasteiger partial charge in [-0.3, -0.25) is 0 Å². The van der Waals surface area contributed by atoms with Gasteiger partial charge in [-0.2, -0.15) is 0 Å². The molecule has 29 heavy (non-hydrogen) atoms. The van der Waals surface area contributed by atoms with Crippen LogP contribution < -0.4 is 4.74 Å². The molecule has 0 aliphatic heterocycles. The summed E-state index contributed by atoms with van der Waals surface area (Å²) in [4.78, 5) is 12.9. The first kappa shape index (κ1) is 21.4. The van der Waals surface area contributed by atoms with Crippen LogP contribution in [0.2, 0.25) is 0 Å². The van der Waals surface area contributed by atoms with Gasteiger partial charge in [0, 0.05) is 0 Å². The summed E-state index contributed by atoms with van der Waals surface area (Å²) in [6.45, 7) is 4.88. The van der Waals surface area contributed by atoms with Crippen molar-refractivity contribution in [2.75, 3.05) is 6.61 Å². The highest BCUT2D eigenvalue weighted by Gasteiger charge is 2.40. The lowest BCUT2D eigenvalue weighted by Gasteiger charge is -2.40. The molecule has 0 unspecified atom stereocenters. The molecule has 3 heteroatoms. The van der Waals surface area contributed by atoms with Crippen LogP contribution in [0.25, 0.3) is 0 Å². The Morgan fingerprint density at radius 1 is 0.966 bits per heavy atom. The Balaban J connectivity index is 1.77. The van der Waals surface area contributed by atoms with Gasteiger partial charge < -0.3 is 9.47 Å². The minimum atomic E-state index is -0.543. The van der Waals surface area contributed by atoms with Crippen molar-refractivity contribution in [3.8, 4) is 5.75 Å². The Hall–Kier alpha value is -2.29. The summed E-state index contributed by atoms with van der Waals surface area (Å²) in [5.74, 6) is 1.37. The molecule has 0 aromatic heterocycles. The first-order valence-corrected chi connectivity index (χ1v) is 11.2. The maximum atomic E-state index is 12.9. The van der Waals surface area contributed by atoms with Crippen LogP contribution in [0.3, 0.4) is 0 Å². The van der Waals surface area contributed by atoms with E-state index in [1.165, 1.54) is 25.7 Å². The highest BCUT2D eigenvalue weighted by molar-refractivity contribution is 5.89. The quantitative estimate of drug-likeness (QED) is 0.342. The Bertz CT molecular complexity index is 743. The second kappa shape index (κ2) is 10.5. The van der Waals surface area contributed by atoms with Crippen molar-refractivity contribution in [3.63, 3.8) is 0 Å². The lowest BCUT2D eigenvalue weighted by Crippen LogP contribution is -2.37. The predicted molar refractivity (Wildman–Crippen MR) is 117 cm³/mol. The second-order valence-electron chi connectivity index (χ2n) is 8.15. The summed E-state index contributed by atoms with van der Waals surface area (Å²) in [6, 6.07) is 17.4. The molecule has 3 nitrogen and oxygen atoms in total. The highest BCUT2D eigenvalue weighted by Crippen LogP contribution is 2.44. The SMILES string of the molecule is CCCCCC1CCC(OC(=O)c2ccccc2)(c2ccc(OCC)cc2)CC1. The van der Waals surface area contributed by atoms with Gasteiger partial charge >= 0.3 is 5.97 Å². The van der Waals surface area contributed by atoms with Crippen molar-refractivity contribution in [2.24, 2.45) is 5.92 Å². The Labute approximate surface area is 175 Å². The third-order valence-electron chi connectivity index (χ3n) is 6.12. The summed E-state index contributed by atoms with van der Waals surface area (Å²) in [7, 11) is 0. The minimum absolute atomic E-state index is 0.232. The molecule has 1 aliphatic rings. The molecule has 0 amide bonds. The van der Waals surface area contributed by atoms with Crippen molar-refractivity contribution in [3.05, 3.63) is 65.7 Å². The van der Waals surface area contributed by atoms with Crippen molar-refractivity contribution in [2.45, 2.75) is 70.8 Å². The van der Waals surface area contributed by atoms with Gasteiger partial charge in [-0.15, -0.1) is 0 Å². The van der Waals surface area contributed by atoms with Gasteiger partial charge in [0.15, 0.2) is 0 Å². The largest absolute Gasteiger partial charge is 0.494 e. The molecule has 0 atom stereocenters. The van der Waals surface area contributed by atoms with Crippen LogP contribution in [0.1, 0.15) is 81.1 Å². The van der Waals surface area contributed by atoms with Crippen LogP contribution in [0.5, 0.6) is 5.75 Å². The summed E-state index contributed by atoms with van der Waals surface area (Å²) in [5, 5.41) is 0. The first-order chi connectivity index (χ1) is 14.2.